The molecule has 0 aromatic rings. The highest BCUT2D eigenvalue weighted by Gasteiger charge is 2.20. The molecule has 0 heterocycles. The summed E-state index contributed by atoms with van der Waals surface area (Å²) in [5.74, 6) is -0.0173. The maximum absolute atomic E-state index is 12.4. The second-order valence-electron chi connectivity index (χ2n) is 20.3. The van der Waals surface area contributed by atoms with Crippen LogP contribution < -0.4 is 5.32 Å². The summed E-state index contributed by atoms with van der Waals surface area (Å²) >= 11 is 0. The number of carbonyl (C=O) groups is 2. The third-order valence-electron chi connectivity index (χ3n) is 13.9. The van der Waals surface area contributed by atoms with Crippen LogP contribution in [-0.4, -0.2) is 47.4 Å². The minimum atomic E-state index is -0.661. The molecule has 0 rings (SSSR count). The average molecular weight is 907 g/mol. The molecule has 0 saturated carbocycles. The number of unbranched alkanes of at least 4 members (excludes halogenated alkanes) is 44. The Morgan fingerprint density at radius 1 is 0.375 bits per heavy atom. The topological polar surface area (TPSA) is 95.9 Å². The summed E-state index contributed by atoms with van der Waals surface area (Å²) in [6, 6.07) is -0.538. The van der Waals surface area contributed by atoms with E-state index < -0.39 is 12.1 Å². The van der Waals surface area contributed by atoms with Crippen LogP contribution in [0.15, 0.2) is 0 Å². The minimum Gasteiger partial charge on any atom is -0.466 e. The smallest absolute Gasteiger partial charge is 0.305 e. The first-order valence-electron chi connectivity index (χ1n) is 29.3. The van der Waals surface area contributed by atoms with Crippen LogP contribution in [0.1, 0.15) is 335 Å². The summed E-state index contributed by atoms with van der Waals surface area (Å²) in [5, 5.41) is 23.2. The Morgan fingerprint density at radius 2 is 0.641 bits per heavy atom. The molecule has 382 valence electrons. The van der Waals surface area contributed by atoms with Gasteiger partial charge in [-0.25, -0.2) is 0 Å². The number of rotatable bonds is 55. The zero-order valence-electron chi connectivity index (χ0n) is 43.5. The van der Waals surface area contributed by atoms with E-state index >= 15 is 0 Å². The fourth-order valence-corrected chi connectivity index (χ4v) is 9.41. The molecule has 1 amide bonds. The molecule has 0 spiro atoms. The lowest BCUT2D eigenvalue weighted by Crippen LogP contribution is -2.45. The Bertz CT molecular complexity index is 913. The lowest BCUT2D eigenvalue weighted by molar-refractivity contribution is -0.143. The predicted octanol–water partition coefficient (Wildman–Crippen LogP) is 17.9. The van der Waals surface area contributed by atoms with Crippen LogP contribution >= 0.6 is 0 Å². The summed E-state index contributed by atoms with van der Waals surface area (Å²) in [6.07, 6.45) is 62.5. The van der Waals surface area contributed by atoms with Gasteiger partial charge in [-0.3, -0.25) is 9.59 Å². The number of hydrogen-bond donors (Lipinski definition) is 3. The second-order valence-corrected chi connectivity index (χ2v) is 20.3. The van der Waals surface area contributed by atoms with E-state index in [1.807, 2.05) is 0 Å². The van der Waals surface area contributed by atoms with Crippen LogP contribution in [0.2, 0.25) is 0 Å². The summed E-state index contributed by atoms with van der Waals surface area (Å²) in [7, 11) is 0. The molecular weight excluding hydrogens is 791 g/mol. The summed E-state index contributed by atoms with van der Waals surface area (Å²) in [6.45, 7) is 4.97. The fourth-order valence-electron chi connectivity index (χ4n) is 9.41. The van der Waals surface area contributed by atoms with Gasteiger partial charge in [-0.05, 0) is 25.7 Å². The van der Waals surface area contributed by atoms with Gasteiger partial charge in [0, 0.05) is 12.8 Å². The van der Waals surface area contributed by atoms with Crippen molar-refractivity contribution in [3.63, 3.8) is 0 Å². The van der Waals surface area contributed by atoms with Crippen molar-refractivity contribution in [2.24, 2.45) is 0 Å². The number of aliphatic hydroxyl groups is 2. The molecule has 0 aliphatic heterocycles. The van der Waals surface area contributed by atoms with Gasteiger partial charge >= 0.3 is 5.97 Å². The van der Waals surface area contributed by atoms with Crippen molar-refractivity contribution in [1.82, 2.24) is 5.32 Å². The van der Waals surface area contributed by atoms with E-state index in [1.165, 1.54) is 263 Å². The van der Waals surface area contributed by atoms with E-state index in [0.29, 0.717) is 25.9 Å². The predicted molar refractivity (Wildman–Crippen MR) is 278 cm³/mol. The molecule has 0 aliphatic rings. The molecule has 0 bridgehead atoms. The van der Waals surface area contributed by atoms with Gasteiger partial charge in [0.1, 0.15) is 0 Å². The van der Waals surface area contributed by atoms with Crippen LogP contribution in [0.4, 0.5) is 0 Å². The standard InChI is InChI=1S/C58H115NO5/c1-3-5-7-9-11-13-15-30-34-38-42-46-50-56(61)55(54-60)59-57(62)51-47-43-39-35-31-28-26-24-22-20-18-17-19-21-23-25-27-29-33-37-41-45-49-53-64-58(63)52-48-44-40-36-32-16-14-12-10-8-6-4-2/h55-56,60-61H,3-54H2,1-2H3,(H,59,62). The van der Waals surface area contributed by atoms with E-state index in [1.54, 1.807) is 0 Å². The molecule has 0 aromatic carbocycles. The molecule has 64 heavy (non-hydrogen) atoms. The number of ether oxygens (including phenoxy) is 1. The van der Waals surface area contributed by atoms with Gasteiger partial charge < -0.3 is 20.3 Å². The van der Waals surface area contributed by atoms with Gasteiger partial charge in [-0.15, -0.1) is 0 Å². The summed E-state index contributed by atoms with van der Waals surface area (Å²) in [4.78, 5) is 24.5. The van der Waals surface area contributed by atoms with Crippen LogP contribution in [-0.2, 0) is 14.3 Å². The molecule has 0 aliphatic carbocycles. The van der Waals surface area contributed by atoms with Crippen LogP contribution in [0.25, 0.3) is 0 Å². The average Bonchev–Trinajstić information content (AvgIpc) is 3.29. The van der Waals surface area contributed by atoms with Gasteiger partial charge in [-0.2, -0.15) is 0 Å². The molecule has 0 radical (unpaired) electrons. The van der Waals surface area contributed by atoms with Gasteiger partial charge in [-0.1, -0.05) is 296 Å². The number of amides is 1. The van der Waals surface area contributed by atoms with E-state index in [9.17, 15) is 19.8 Å². The number of hydrogen-bond acceptors (Lipinski definition) is 5. The van der Waals surface area contributed by atoms with Gasteiger partial charge in [0.15, 0.2) is 0 Å². The Balaban J connectivity index is 3.34. The SMILES string of the molecule is CCCCCCCCCCCCCCC(=O)OCCCCCCCCCCCCCCCCCCCCCCCCCC(=O)NC(CO)C(O)CCCCCCCCCCCCCC. The highest BCUT2D eigenvalue weighted by Crippen LogP contribution is 2.18. The molecule has 2 atom stereocenters. The maximum Gasteiger partial charge on any atom is 0.305 e. The second kappa shape index (κ2) is 54.5. The largest absolute Gasteiger partial charge is 0.466 e. The van der Waals surface area contributed by atoms with Crippen molar-refractivity contribution in [3.05, 3.63) is 0 Å². The van der Waals surface area contributed by atoms with Gasteiger partial charge in [0.05, 0.1) is 25.4 Å². The summed E-state index contributed by atoms with van der Waals surface area (Å²) < 4.78 is 5.47. The van der Waals surface area contributed by atoms with Crippen molar-refractivity contribution in [2.75, 3.05) is 13.2 Å². The highest BCUT2D eigenvalue weighted by molar-refractivity contribution is 5.76. The Hall–Kier alpha value is -1.14. The van der Waals surface area contributed by atoms with E-state index in [0.717, 1.165) is 38.5 Å². The monoisotopic (exact) mass is 906 g/mol. The fraction of sp³-hybridized carbons (Fsp3) is 0.966. The lowest BCUT2D eigenvalue weighted by Gasteiger charge is -2.22. The molecule has 3 N–H and O–H groups in total. The van der Waals surface area contributed by atoms with E-state index in [2.05, 4.69) is 19.2 Å². The van der Waals surface area contributed by atoms with Crippen molar-refractivity contribution < 1.29 is 24.5 Å². The lowest BCUT2D eigenvalue weighted by atomic mass is 10.0. The van der Waals surface area contributed by atoms with Crippen molar-refractivity contribution >= 4 is 11.9 Å². The first kappa shape index (κ1) is 62.9. The zero-order chi connectivity index (χ0) is 46.5. The van der Waals surface area contributed by atoms with Crippen LogP contribution in [0, 0.1) is 0 Å². The normalized spacial score (nSPS) is 12.5. The molecule has 0 saturated heterocycles. The van der Waals surface area contributed by atoms with E-state index in [4.69, 9.17) is 4.74 Å². The number of carbonyl (C=O) groups excluding carboxylic acids is 2. The van der Waals surface area contributed by atoms with Crippen molar-refractivity contribution in [3.8, 4) is 0 Å². The van der Waals surface area contributed by atoms with Crippen molar-refractivity contribution in [1.29, 1.82) is 0 Å². The zero-order valence-corrected chi connectivity index (χ0v) is 43.5. The van der Waals surface area contributed by atoms with Gasteiger partial charge in [0.25, 0.3) is 0 Å². The molecular formula is C58H115NO5. The third-order valence-corrected chi connectivity index (χ3v) is 13.9. The maximum atomic E-state index is 12.4. The molecule has 0 fully saturated rings. The first-order chi connectivity index (χ1) is 31.5. The number of aliphatic hydroxyl groups excluding tert-OH is 2. The molecule has 0 aromatic heterocycles. The molecule has 6 heteroatoms. The Morgan fingerprint density at radius 3 is 0.953 bits per heavy atom. The van der Waals surface area contributed by atoms with Crippen molar-refractivity contribution in [2.45, 2.75) is 347 Å². The van der Waals surface area contributed by atoms with Crippen LogP contribution in [0.3, 0.4) is 0 Å². The first-order valence-corrected chi connectivity index (χ1v) is 29.3. The molecule has 2 unspecified atom stereocenters. The quantitative estimate of drug-likeness (QED) is 0.0417. The van der Waals surface area contributed by atoms with Crippen LogP contribution in [0.5, 0.6) is 0 Å². The number of esters is 1. The van der Waals surface area contributed by atoms with E-state index in [-0.39, 0.29) is 18.5 Å². The highest BCUT2D eigenvalue weighted by atomic mass is 16.5. The molecule has 6 nitrogen and oxygen atoms in total. The Labute approximate surface area is 400 Å². The number of nitrogens with one attached hydrogen (secondary N) is 1. The van der Waals surface area contributed by atoms with Gasteiger partial charge in [0.2, 0.25) is 5.91 Å². The Kier molecular flexibility index (Phi) is 53.5. The third kappa shape index (κ3) is 50.3. The minimum absolute atomic E-state index is 0.0158. The summed E-state index contributed by atoms with van der Waals surface area (Å²) in [5.41, 5.74) is 0.